The Hall–Kier alpha value is -3.35. The Kier molecular flexibility index (Phi) is 8.16. The van der Waals surface area contributed by atoms with Gasteiger partial charge in [-0.25, -0.2) is 0 Å². The van der Waals surface area contributed by atoms with Crippen molar-refractivity contribution in [2.45, 2.75) is 68.7 Å². The van der Waals surface area contributed by atoms with Gasteiger partial charge in [-0.3, -0.25) is 9.59 Å². The standard InChI is InChI=1S/C33H37F3N2O4/c1-23(39)42-29-6-4-5-27(19-29)31-17-18-38(2,21-25-7-8-25)22-32(31,41-3)16-15-28(20-31)37-30(40)14-11-24-9-12-26(13-10-24)33(34,35)36/h4-6,9-10,12-13,19,25,28H,7-8,15-18,20-22H2,1-3H3/p+1/t28-,31+,32?,38-/m1/s1. The lowest BCUT2D eigenvalue weighted by Gasteiger charge is -2.61. The molecule has 1 amide bonds. The van der Waals surface area contributed by atoms with Crippen molar-refractivity contribution < 1.29 is 36.7 Å². The molecular weight excluding hydrogens is 545 g/mol. The number of rotatable bonds is 6. The Balaban J connectivity index is 1.40. The van der Waals surface area contributed by atoms with Gasteiger partial charge in [0.1, 0.15) is 17.9 Å². The zero-order valence-corrected chi connectivity index (χ0v) is 24.4. The minimum absolute atomic E-state index is 0.180. The minimum Gasteiger partial charge on any atom is -0.427 e. The molecule has 6 nitrogen and oxygen atoms in total. The summed E-state index contributed by atoms with van der Waals surface area (Å²) in [6.45, 7) is 4.33. The van der Waals surface area contributed by atoms with Gasteiger partial charge >= 0.3 is 12.1 Å². The van der Waals surface area contributed by atoms with Crippen LogP contribution in [0.3, 0.4) is 0 Å². The first-order chi connectivity index (χ1) is 19.9. The number of likely N-dealkylation sites (N-methyl/N-ethyl adjacent to an activating group) is 1. The molecule has 0 bridgehead atoms. The molecule has 2 aromatic carbocycles. The maximum absolute atomic E-state index is 12.9. The molecule has 5 rings (SSSR count). The van der Waals surface area contributed by atoms with Gasteiger partial charge in [0.15, 0.2) is 0 Å². The predicted octanol–water partition coefficient (Wildman–Crippen LogP) is 5.23. The van der Waals surface area contributed by atoms with E-state index >= 15 is 0 Å². The largest absolute Gasteiger partial charge is 0.427 e. The number of likely N-dealkylation sites (tertiary alicyclic amines) is 1. The second kappa shape index (κ2) is 11.4. The highest BCUT2D eigenvalue weighted by atomic mass is 19.4. The molecule has 0 radical (unpaired) electrons. The van der Waals surface area contributed by atoms with Gasteiger partial charge in [-0.05, 0) is 74.1 Å². The Morgan fingerprint density at radius 2 is 1.83 bits per heavy atom. The number of carbonyl (C=O) groups excluding carboxylic acids is 2. The number of carbonyl (C=O) groups is 2. The van der Waals surface area contributed by atoms with Crippen LogP contribution in [0.4, 0.5) is 13.2 Å². The van der Waals surface area contributed by atoms with Crippen LogP contribution in [0.25, 0.3) is 0 Å². The number of hydrogen-bond donors (Lipinski definition) is 1. The number of quaternary nitrogens is 1. The van der Waals surface area contributed by atoms with Gasteiger partial charge in [-0.1, -0.05) is 18.1 Å². The average Bonchev–Trinajstić information content (AvgIpc) is 3.75. The van der Waals surface area contributed by atoms with E-state index in [0.717, 1.165) is 60.6 Å². The molecule has 3 aliphatic rings. The summed E-state index contributed by atoms with van der Waals surface area (Å²) >= 11 is 0. The Morgan fingerprint density at radius 3 is 2.48 bits per heavy atom. The van der Waals surface area contributed by atoms with Crippen LogP contribution in [0.2, 0.25) is 0 Å². The summed E-state index contributed by atoms with van der Waals surface area (Å²) in [5, 5.41) is 3.06. The number of alkyl halides is 3. The van der Waals surface area contributed by atoms with E-state index in [1.807, 2.05) is 12.1 Å². The first kappa shape index (κ1) is 30.1. The number of piperidine rings is 1. The zero-order chi connectivity index (χ0) is 30.2. The van der Waals surface area contributed by atoms with Crippen LogP contribution in [0.15, 0.2) is 48.5 Å². The molecule has 1 saturated heterocycles. The van der Waals surface area contributed by atoms with Crippen LogP contribution in [-0.4, -0.2) is 61.8 Å². The Morgan fingerprint density at radius 1 is 1.10 bits per heavy atom. The molecule has 9 heteroatoms. The second-order valence-electron chi connectivity index (χ2n) is 12.5. The molecule has 2 aromatic rings. The average molecular weight is 584 g/mol. The molecule has 2 aliphatic carbocycles. The predicted molar refractivity (Wildman–Crippen MR) is 151 cm³/mol. The van der Waals surface area contributed by atoms with E-state index in [2.05, 4.69) is 30.3 Å². The lowest BCUT2D eigenvalue weighted by molar-refractivity contribution is -0.925. The fraction of sp³-hybridized carbons (Fsp3) is 0.515. The number of ether oxygens (including phenoxy) is 2. The van der Waals surface area contributed by atoms with Crippen LogP contribution in [0.5, 0.6) is 5.75 Å². The number of hydrogen-bond acceptors (Lipinski definition) is 4. The van der Waals surface area contributed by atoms with Gasteiger partial charge in [0, 0.05) is 49.3 Å². The van der Waals surface area contributed by atoms with Crippen LogP contribution in [0.1, 0.15) is 62.1 Å². The first-order valence-corrected chi connectivity index (χ1v) is 14.5. The molecule has 0 spiro atoms. The van der Waals surface area contributed by atoms with Crippen molar-refractivity contribution >= 4 is 11.9 Å². The molecule has 1 unspecified atom stereocenters. The summed E-state index contributed by atoms with van der Waals surface area (Å²) in [5.74, 6) is 5.62. The molecule has 2 saturated carbocycles. The van der Waals surface area contributed by atoms with E-state index in [9.17, 15) is 22.8 Å². The van der Waals surface area contributed by atoms with Crippen molar-refractivity contribution in [3.05, 3.63) is 65.2 Å². The summed E-state index contributed by atoms with van der Waals surface area (Å²) in [5.41, 5.74) is -0.314. The van der Waals surface area contributed by atoms with Crippen LogP contribution in [0, 0.1) is 17.8 Å². The molecule has 1 N–H and O–H groups in total. The molecule has 1 heterocycles. The third-order valence-corrected chi connectivity index (χ3v) is 9.38. The molecule has 42 heavy (non-hydrogen) atoms. The molecular formula is C33H38F3N2O4+. The maximum atomic E-state index is 12.9. The molecule has 3 fully saturated rings. The maximum Gasteiger partial charge on any atom is 0.416 e. The topological polar surface area (TPSA) is 64.6 Å². The van der Waals surface area contributed by atoms with Gasteiger partial charge in [0.05, 0.1) is 25.7 Å². The monoisotopic (exact) mass is 583 g/mol. The number of fused-ring (bicyclic) bond motifs is 1. The van der Waals surface area contributed by atoms with Crippen molar-refractivity contribution in [2.24, 2.45) is 5.92 Å². The molecule has 1 aliphatic heterocycles. The van der Waals surface area contributed by atoms with Crippen LogP contribution >= 0.6 is 0 Å². The third-order valence-electron chi connectivity index (χ3n) is 9.38. The number of halogens is 3. The van der Waals surface area contributed by atoms with Crippen LogP contribution < -0.4 is 10.1 Å². The molecule has 0 aromatic heterocycles. The van der Waals surface area contributed by atoms with Crippen molar-refractivity contribution in [2.75, 3.05) is 33.8 Å². The third kappa shape index (κ3) is 6.35. The first-order valence-electron chi connectivity index (χ1n) is 14.5. The number of nitrogens with one attached hydrogen (secondary N) is 1. The van der Waals surface area contributed by atoms with Crippen LogP contribution in [-0.2, 0) is 25.9 Å². The summed E-state index contributed by atoms with van der Waals surface area (Å²) in [6.07, 6.45) is 1.05. The lowest BCUT2D eigenvalue weighted by Crippen LogP contribution is -2.72. The second-order valence-corrected chi connectivity index (χ2v) is 12.5. The number of methoxy groups -OCH3 is 1. The highest BCUT2D eigenvalue weighted by Gasteiger charge is 2.63. The quantitative estimate of drug-likeness (QED) is 0.219. The Bertz CT molecular complexity index is 1390. The number of esters is 1. The van der Waals surface area contributed by atoms with Gasteiger partial charge in [-0.2, -0.15) is 13.2 Å². The smallest absolute Gasteiger partial charge is 0.416 e. The van der Waals surface area contributed by atoms with Crippen molar-refractivity contribution in [1.82, 2.24) is 5.32 Å². The van der Waals surface area contributed by atoms with E-state index < -0.39 is 28.7 Å². The van der Waals surface area contributed by atoms with Crippen molar-refractivity contribution in [3.8, 4) is 17.6 Å². The van der Waals surface area contributed by atoms with E-state index in [-0.39, 0.29) is 12.0 Å². The van der Waals surface area contributed by atoms with E-state index in [1.165, 1.54) is 31.9 Å². The van der Waals surface area contributed by atoms with Gasteiger partial charge in [-0.15, -0.1) is 0 Å². The van der Waals surface area contributed by atoms with Crippen molar-refractivity contribution in [3.63, 3.8) is 0 Å². The molecule has 224 valence electrons. The van der Waals surface area contributed by atoms with Gasteiger partial charge < -0.3 is 19.3 Å². The zero-order valence-electron chi connectivity index (χ0n) is 24.4. The van der Waals surface area contributed by atoms with Crippen molar-refractivity contribution in [1.29, 1.82) is 0 Å². The van der Waals surface area contributed by atoms with E-state index in [1.54, 1.807) is 13.2 Å². The lowest BCUT2D eigenvalue weighted by atomic mass is 9.54. The number of amides is 1. The van der Waals surface area contributed by atoms with Gasteiger partial charge in [0.2, 0.25) is 0 Å². The van der Waals surface area contributed by atoms with E-state index in [0.29, 0.717) is 24.2 Å². The SMILES string of the molecule is COC12CC[C@@H](NC(=O)C#Cc3ccc(C(F)(F)F)cc3)C[C@]1(c1cccc(OC(C)=O)c1)CC[N@+](C)(CC1CC1)C2. The highest BCUT2D eigenvalue weighted by molar-refractivity contribution is 5.94. The number of benzene rings is 2. The van der Waals surface area contributed by atoms with Gasteiger partial charge in [0.25, 0.3) is 5.91 Å². The highest BCUT2D eigenvalue weighted by Crippen LogP contribution is 2.55. The summed E-state index contributed by atoms with van der Waals surface area (Å²) < 4.78 is 51.5. The number of nitrogens with zero attached hydrogens (tertiary/aromatic N) is 1. The summed E-state index contributed by atoms with van der Waals surface area (Å²) in [6, 6.07) is 11.9. The summed E-state index contributed by atoms with van der Waals surface area (Å²) in [7, 11) is 4.11. The Labute approximate surface area is 245 Å². The fourth-order valence-corrected chi connectivity index (χ4v) is 7.28. The molecule has 4 atom stereocenters. The minimum atomic E-state index is -4.43. The normalized spacial score (nSPS) is 29.0. The summed E-state index contributed by atoms with van der Waals surface area (Å²) in [4.78, 5) is 24.6. The fourth-order valence-electron chi connectivity index (χ4n) is 7.28. The van der Waals surface area contributed by atoms with E-state index in [4.69, 9.17) is 9.47 Å².